The van der Waals surface area contributed by atoms with Gasteiger partial charge in [0.15, 0.2) is 0 Å². The predicted octanol–water partition coefficient (Wildman–Crippen LogP) is 4.65. The van der Waals surface area contributed by atoms with Crippen LogP contribution in [-0.2, 0) is 19.9 Å². The maximum absolute atomic E-state index is 13.5. The Kier molecular flexibility index (Phi) is 6.71. The third-order valence-electron chi connectivity index (χ3n) is 8.38. The number of esters is 1. The molecule has 2 unspecified atom stereocenters. The zero-order chi connectivity index (χ0) is 23.1. The van der Waals surface area contributed by atoms with Crippen LogP contribution >= 0.6 is 22.7 Å². The van der Waals surface area contributed by atoms with E-state index >= 15 is 0 Å². The molecule has 2 aliphatic carbocycles. The van der Waals surface area contributed by atoms with E-state index in [1.165, 1.54) is 48.4 Å². The number of thiophene rings is 2. The van der Waals surface area contributed by atoms with Crippen LogP contribution < -0.4 is 0 Å². The van der Waals surface area contributed by atoms with Crippen molar-refractivity contribution in [2.24, 2.45) is 17.8 Å². The van der Waals surface area contributed by atoms with Crippen LogP contribution in [0.25, 0.3) is 0 Å². The number of hydrogen-bond acceptors (Lipinski definition) is 6. The van der Waals surface area contributed by atoms with Gasteiger partial charge in [-0.05, 0) is 67.3 Å². The van der Waals surface area contributed by atoms with E-state index in [9.17, 15) is 9.90 Å². The Balaban J connectivity index is 1.28. The molecular weight excluding hydrogens is 454 g/mol. The number of fused-ring (bicyclic) bond motifs is 2. The second kappa shape index (κ2) is 9.42. The SMILES string of the molecule is C[N+](C)(CCC1CCOCC1)C1C2CC[C@@H]1[C@H](OC(=O)C(O)(c1cccs1)c1cccs1)C2. The Hall–Kier alpha value is -1.25. The number of ether oxygens (including phenoxy) is 2. The largest absolute Gasteiger partial charge is 0.459 e. The van der Waals surface area contributed by atoms with Crippen LogP contribution in [-0.4, -0.2) is 61.6 Å². The Morgan fingerprint density at radius 2 is 1.79 bits per heavy atom. The highest BCUT2D eigenvalue weighted by molar-refractivity contribution is 7.12. The van der Waals surface area contributed by atoms with Crippen molar-refractivity contribution < 1.29 is 23.9 Å². The van der Waals surface area contributed by atoms with Gasteiger partial charge < -0.3 is 19.1 Å². The Morgan fingerprint density at radius 3 is 2.39 bits per heavy atom. The highest BCUT2D eigenvalue weighted by Crippen LogP contribution is 2.51. The van der Waals surface area contributed by atoms with Crippen molar-refractivity contribution in [1.29, 1.82) is 0 Å². The summed E-state index contributed by atoms with van der Waals surface area (Å²) in [6.07, 6.45) is 6.76. The lowest BCUT2D eigenvalue weighted by molar-refractivity contribution is -0.920. The second-order valence-electron chi connectivity index (χ2n) is 10.7. The van der Waals surface area contributed by atoms with Crippen molar-refractivity contribution in [2.45, 2.75) is 56.3 Å². The number of hydrogen-bond donors (Lipinski definition) is 1. The van der Waals surface area contributed by atoms with Gasteiger partial charge in [0, 0.05) is 25.0 Å². The van der Waals surface area contributed by atoms with E-state index in [-0.39, 0.29) is 6.10 Å². The van der Waals surface area contributed by atoms with Crippen LogP contribution in [0.1, 0.15) is 48.3 Å². The third kappa shape index (κ3) is 4.43. The highest BCUT2D eigenvalue weighted by atomic mass is 32.1. The maximum atomic E-state index is 13.5. The molecule has 7 heteroatoms. The standard InChI is InChI=1S/C26H36NO4S2/c1-27(2,12-9-18-10-13-30-14-11-18)24-19-7-8-20(24)21(17-19)31-25(28)26(29,22-5-3-15-32-22)23-6-4-16-33-23/h3-6,15-16,18-21,24,29H,7-14,17H2,1-2H3/q+1/t19?,20-,21-,24?/m1/s1. The zero-order valence-electron chi connectivity index (χ0n) is 19.7. The normalized spacial score (nSPS) is 28.3. The van der Waals surface area contributed by atoms with Crippen molar-refractivity contribution in [1.82, 2.24) is 0 Å². The summed E-state index contributed by atoms with van der Waals surface area (Å²) in [5.41, 5.74) is -1.72. The lowest BCUT2D eigenvalue weighted by Crippen LogP contribution is -2.53. The number of rotatable bonds is 8. The molecule has 1 N–H and O–H groups in total. The summed E-state index contributed by atoms with van der Waals surface area (Å²) in [7, 11) is 4.74. The molecule has 0 spiro atoms. The molecule has 5 rings (SSSR count). The Labute approximate surface area is 204 Å². The van der Waals surface area contributed by atoms with Crippen molar-refractivity contribution >= 4 is 28.6 Å². The van der Waals surface area contributed by atoms with E-state index in [0.717, 1.165) is 43.0 Å². The molecular formula is C26H36NO4S2+. The lowest BCUT2D eigenvalue weighted by atomic mass is 9.94. The lowest BCUT2D eigenvalue weighted by Gasteiger charge is -2.40. The molecule has 0 aromatic carbocycles. The molecule has 1 saturated heterocycles. The first kappa shape index (κ1) is 23.5. The summed E-state index contributed by atoms with van der Waals surface area (Å²) >= 11 is 2.80. The van der Waals surface area contributed by atoms with E-state index < -0.39 is 11.6 Å². The zero-order valence-corrected chi connectivity index (χ0v) is 21.3. The van der Waals surface area contributed by atoms with Gasteiger partial charge in [-0.15, -0.1) is 22.7 Å². The Morgan fingerprint density at radius 1 is 1.12 bits per heavy atom. The van der Waals surface area contributed by atoms with Crippen molar-refractivity contribution in [3.8, 4) is 0 Å². The molecule has 3 heterocycles. The molecule has 2 aromatic heterocycles. The van der Waals surface area contributed by atoms with Crippen LogP contribution in [0.3, 0.4) is 0 Å². The molecule has 1 aliphatic heterocycles. The number of quaternary nitrogens is 1. The molecule has 0 amide bonds. The van der Waals surface area contributed by atoms with Crippen LogP contribution in [0.4, 0.5) is 0 Å². The topological polar surface area (TPSA) is 55.8 Å². The molecule has 5 nitrogen and oxygen atoms in total. The molecule has 2 saturated carbocycles. The van der Waals surface area contributed by atoms with Crippen LogP contribution in [0.2, 0.25) is 0 Å². The first-order valence-corrected chi connectivity index (χ1v) is 14.1. The van der Waals surface area contributed by atoms with E-state index in [2.05, 4.69) is 14.1 Å². The molecule has 4 atom stereocenters. The van der Waals surface area contributed by atoms with Gasteiger partial charge in [0.2, 0.25) is 5.60 Å². The highest BCUT2D eigenvalue weighted by Gasteiger charge is 2.58. The quantitative estimate of drug-likeness (QED) is 0.432. The van der Waals surface area contributed by atoms with Gasteiger partial charge >= 0.3 is 5.97 Å². The van der Waals surface area contributed by atoms with E-state index in [1.807, 2.05) is 35.0 Å². The van der Waals surface area contributed by atoms with Gasteiger partial charge in [0.1, 0.15) is 6.10 Å². The number of nitrogens with zero attached hydrogens (tertiary/aromatic N) is 1. The molecule has 0 radical (unpaired) electrons. The van der Waals surface area contributed by atoms with Crippen LogP contribution in [0.15, 0.2) is 35.0 Å². The van der Waals surface area contributed by atoms with Gasteiger partial charge in [-0.25, -0.2) is 4.79 Å². The number of carbonyl (C=O) groups is 1. The molecule has 3 aliphatic rings. The van der Waals surface area contributed by atoms with Gasteiger partial charge in [-0.1, -0.05) is 12.1 Å². The second-order valence-corrected chi connectivity index (χ2v) is 12.6. The van der Waals surface area contributed by atoms with Crippen molar-refractivity contribution in [3.63, 3.8) is 0 Å². The number of aliphatic hydroxyl groups is 1. The van der Waals surface area contributed by atoms with Crippen LogP contribution in [0.5, 0.6) is 0 Å². The fourth-order valence-corrected chi connectivity index (χ4v) is 8.39. The number of carbonyl (C=O) groups excluding carboxylic acids is 1. The average molecular weight is 491 g/mol. The van der Waals surface area contributed by atoms with Gasteiger partial charge in [-0.2, -0.15) is 0 Å². The molecule has 180 valence electrons. The first-order valence-electron chi connectivity index (χ1n) is 12.3. The van der Waals surface area contributed by atoms with Crippen LogP contribution in [0, 0.1) is 17.8 Å². The van der Waals surface area contributed by atoms with E-state index in [4.69, 9.17) is 9.47 Å². The van der Waals surface area contributed by atoms with E-state index in [1.54, 1.807) is 0 Å². The Bertz CT molecular complexity index is 886. The molecule has 33 heavy (non-hydrogen) atoms. The minimum Gasteiger partial charge on any atom is -0.459 e. The minimum atomic E-state index is -1.72. The summed E-state index contributed by atoms with van der Waals surface area (Å²) in [6.45, 7) is 2.97. The third-order valence-corrected chi connectivity index (χ3v) is 10.3. The first-order chi connectivity index (χ1) is 15.9. The maximum Gasteiger partial charge on any atom is 0.349 e. The van der Waals surface area contributed by atoms with Gasteiger partial charge in [0.05, 0.1) is 36.4 Å². The fourth-order valence-electron chi connectivity index (χ4n) is 6.67. The summed E-state index contributed by atoms with van der Waals surface area (Å²) in [5, 5.41) is 15.4. The molecule has 2 bridgehead atoms. The average Bonchev–Trinajstić information content (AvgIpc) is 3.62. The molecule has 2 aromatic rings. The smallest absolute Gasteiger partial charge is 0.349 e. The van der Waals surface area contributed by atoms with Crippen molar-refractivity contribution in [3.05, 3.63) is 44.8 Å². The molecule has 3 fully saturated rings. The summed E-state index contributed by atoms with van der Waals surface area (Å²) in [6, 6.07) is 7.92. The van der Waals surface area contributed by atoms with Gasteiger partial charge in [-0.3, -0.25) is 0 Å². The van der Waals surface area contributed by atoms with Gasteiger partial charge in [0.25, 0.3) is 0 Å². The summed E-state index contributed by atoms with van der Waals surface area (Å²) in [4.78, 5) is 14.8. The minimum absolute atomic E-state index is 0.104. The fraction of sp³-hybridized carbons (Fsp3) is 0.654. The predicted molar refractivity (Wildman–Crippen MR) is 131 cm³/mol. The van der Waals surface area contributed by atoms with Crippen molar-refractivity contribution in [2.75, 3.05) is 33.9 Å². The summed E-state index contributed by atoms with van der Waals surface area (Å²) in [5.74, 6) is 1.22. The monoisotopic (exact) mass is 490 g/mol. The summed E-state index contributed by atoms with van der Waals surface area (Å²) < 4.78 is 12.7. The van der Waals surface area contributed by atoms with E-state index in [0.29, 0.717) is 27.6 Å².